The maximum absolute atomic E-state index is 11.8. The second kappa shape index (κ2) is 12.7. The fraction of sp³-hybridized carbons (Fsp3) is 0.750. The van der Waals surface area contributed by atoms with Crippen molar-refractivity contribution in [3.05, 3.63) is 12.2 Å². The highest BCUT2D eigenvalue weighted by Gasteiger charge is 2.20. The lowest BCUT2D eigenvalue weighted by atomic mass is 10.0. The van der Waals surface area contributed by atoms with Crippen LogP contribution in [0.1, 0.15) is 65.2 Å². The predicted molar refractivity (Wildman–Crippen MR) is 79.5 cm³/mol. The summed E-state index contributed by atoms with van der Waals surface area (Å²) in [5, 5.41) is 8.84. The van der Waals surface area contributed by atoms with Crippen LogP contribution in [0, 0.1) is 5.92 Å². The number of unbranched alkanes of at least 4 members (excludes halogenated alkanes) is 5. The van der Waals surface area contributed by atoms with Gasteiger partial charge in [-0.1, -0.05) is 51.7 Å². The zero-order valence-electron chi connectivity index (χ0n) is 12.8. The Morgan fingerprint density at radius 3 is 2.40 bits per heavy atom. The van der Waals surface area contributed by atoms with E-state index < -0.39 is 17.9 Å². The van der Waals surface area contributed by atoms with E-state index in [1.165, 1.54) is 19.3 Å². The van der Waals surface area contributed by atoms with Crippen molar-refractivity contribution in [2.75, 3.05) is 6.61 Å². The van der Waals surface area contributed by atoms with Crippen molar-refractivity contribution in [1.29, 1.82) is 0 Å². The molecule has 4 nitrogen and oxygen atoms in total. The van der Waals surface area contributed by atoms with Crippen molar-refractivity contribution in [3.63, 3.8) is 0 Å². The molecule has 1 N–H and O–H groups in total. The van der Waals surface area contributed by atoms with Gasteiger partial charge in [0.05, 0.1) is 18.9 Å². The van der Waals surface area contributed by atoms with Crippen LogP contribution >= 0.6 is 0 Å². The maximum atomic E-state index is 11.8. The van der Waals surface area contributed by atoms with Crippen molar-refractivity contribution in [2.45, 2.75) is 65.2 Å². The first-order valence-corrected chi connectivity index (χ1v) is 7.66. The summed E-state index contributed by atoms with van der Waals surface area (Å²) < 4.78 is 5.09. The number of carbonyl (C=O) groups excluding carboxylic acids is 1. The van der Waals surface area contributed by atoms with Crippen molar-refractivity contribution >= 4 is 11.9 Å². The minimum Gasteiger partial charge on any atom is -0.481 e. The van der Waals surface area contributed by atoms with Crippen molar-refractivity contribution in [2.24, 2.45) is 5.92 Å². The molecular weight excluding hydrogens is 256 g/mol. The van der Waals surface area contributed by atoms with Crippen molar-refractivity contribution < 1.29 is 19.4 Å². The molecule has 116 valence electrons. The number of esters is 1. The Hall–Kier alpha value is -1.32. The molecule has 0 aliphatic heterocycles. The molecule has 0 aliphatic carbocycles. The quantitative estimate of drug-likeness (QED) is 0.335. The summed E-state index contributed by atoms with van der Waals surface area (Å²) in [6.45, 7) is 4.54. The number of hydrogen-bond acceptors (Lipinski definition) is 3. The second-order valence-corrected chi connectivity index (χ2v) is 5.00. The fourth-order valence-corrected chi connectivity index (χ4v) is 1.79. The van der Waals surface area contributed by atoms with Gasteiger partial charge in [0.2, 0.25) is 0 Å². The third-order valence-corrected chi connectivity index (χ3v) is 3.03. The summed E-state index contributed by atoms with van der Waals surface area (Å²) in [4.78, 5) is 22.6. The van der Waals surface area contributed by atoms with Crippen LogP contribution in [0.3, 0.4) is 0 Å². The van der Waals surface area contributed by atoms with Crippen LogP contribution in [0.15, 0.2) is 12.2 Å². The molecule has 0 aromatic rings. The molecule has 0 bridgehead atoms. The zero-order valence-corrected chi connectivity index (χ0v) is 12.8. The molecule has 1 unspecified atom stereocenters. The molecule has 0 saturated heterocycles. The molecule has 0 aromatic heterocycles. The SMILES string of the molecule is CCCCCCC=CC(CC(=O)O)C(=O)OCCCC. The first kappa shape index (κ1) is 18.7. The first-order chi connectivity index (χ1) is 9.61. The highest BCUT2D eigenvalue weighted by molar-refractivity contribution is 5.80. The molecule has 0 saturated carbocycles. The molecule has 0 rings (SSSR count). The van der Waals surface area contributed by atoms with E-state index in [4.69, 9.17) is 9.84 Å². The molecular formula is C16H28O4. The smallest absolute Gasteiger partial charge is 0.313 e. The topological polar surface area (TPSA) is 63.6 Å². The van der Waals surface area contributed by atoms with E-state index in [1.807, 2.05) is 13.0 Å². The number of hydrogen-bond donors (Lipinski definition) is 1. The Labute approximate surface area is 122 Å². The minimum atomic E-state index is -0.974. The van der Waals surface area contributed by atoms with Gasteiger partial charge in [-0.2, -0.15) is 0 Å². The van der Waals surface area contributed by atoms with Crippen molar-refractivity contribution in [1.82, 2.24) is 0 Å². The Bertz CT molecular complexity index is 297. The third-order valence-electron chi connectivity index (χ3n) is 3.03. The van der Waals surface area contributed by atoms with Crippen LogP contribution in [0.5, 0.6) is 0 Å². The Morgan fingerprint density at radius 2 is 1.80 bits per heavy atom. The van der Waals surface area contributed by atoms with Crippen LogP contribution < -0.4 is 0 Å². The average molecular weight is 284 g/mol. The number of carbonyl (C=O) groups is 2. The normalized spacial score (nSPS) is 12.5. The Balaban J connectivity index is 4.15. The number of ether oxygens (including phenoxy) is 1. The lowest BCUT2D eigenvalue weighted by Crippen LogP contribution is -2.19. The molecule has 1 atom stereocenters. The highest BCUT2D eigenvalue weighted by atomic mass is 16.5. The van der Waals surface area contributed by atoms with Gasteiger partial charge in [0, 0.05) is 0 Å². The minimum absolute atomic E-state index is 0.198. The average Bonchev–Trinajstić information content (AvgIpc) is 2.41. The molecule has 0 aliphatic rings. The predicted octanol–water partition coefficient (Wildman–Crippen LogP) is 3.95. The van der Waals surface area contributed by atoms with E-state index in [0.717, 1.165) is 25.7 Å². The molecule has 0 radical (unpaired) electrons. The Kier molecular flexibility index (Phi) is 11.9. The molecule has 0 spiro atoms. The molecule has 4 heteroatoms. The van der Waals surface area contributed by atoms with Crippen LogP contribution in [0.4, 0.5) is 0 Å². The summed E-state index contributed by atoms with van der Waals surface area (Å²) in [6.07, 6.45) is 10.7. The lowest BCUT2D eigenvalue weighted by molar-refractivity contribution is -0.151. The van der Waals surface area contributed by atoms with Gasteiger partial charge in [0.15, 0.2) is 0 Å². The van der Waals surface area contributed by atoms with E-state index in [2.05, 4.69) is 6.92 Å². The maximum Gasteiger partial charge on any atom is 0.313 e. The van der Waals surface area contributed by atoms with Gasteiger partial charge < -0.3 is 9.84 Å². The fourth-order valence-electron chi connectivity index (χ4n) is 1.79. The van der Waals surface area contributed by atoms with Gasteiger partial charge in [-0.25, -0.2) is 0 Å². The second-order valence-electron chi connectivity index (χ2n) is 5.00. The Morgan fingerprint density at radius 1 is 1.10 bits per heavy atom. The monoisotopic (exact) mass is 284 g/mol. The number of carboxylic acid groups (broad SMARTS) is 1. The number of aliphatic carboxylic acids is 1. The summed E-state index contributed by atoms with van der Waals surface area (Å²) in [5.74, 6) is -2.06. The lowest BCUT2D eigenvalue weighted by Gasteiger charge is -2.10. The number of rotatable bonds is 12. The van der Waals surface area contributed by atoms with Crippen LogP contribution in [0.25, 0.3) is 0 Å². The van der Waals surface area contributed by atoms with E-state index in [9.17, 15) is 9.59 Å². The summed E-state index contributed by atoms with van der Waals surface area (Å²) in [5.41, 5.74) is 0. The third kappa shape index (κ3) is 10.6. The molecule has 20 heavy (non-hydrogen) atoms. The standard InChI is InChI=1S/C16H28O4/c1-3-5-7-8-9-10-11-14(13-15(17)18)16(19)20-12-6-4-2/h10-11,14H,3-9,12-13H2,1-2H3,(H,17,18). The number of carboxylic acids is 1. The number of allylic oxidation sites excluding steroid dienone is 1. The van der Waals surface area contributed by atoms with E-state index in [1.54, 1.807) is 6.08 Å². The van der Waals surface area contributed by atoms with Crippen LogP contribution in [-0.4, -0.2) is 23.7 Å². The highest BCUT2D eigenvalue weighted by Crippen LogP contribution is 2.11. The van der Waals surface area contributed by atoms with Crippen molar-refractivity contribution in [3.8, 4) is 0 Å². The van der Waals surface area contributed by atoms with Crippen LogP contribution in [-0.2, 0) is 14.3 Å². The van der Waals surface area contributed by atoms with Gasteiger partial charge in [0.25, 0.3) is 0 Å². The van der Waals surface area contributed by atoms with E-state index in [0.29, 0.717) is 6.61 Å². The van der Waals surface area contributed by atoms with Gasteiger partial charge in [-0.05, 0) is 19.3 Å². The summed E-state index contributed by atoms with van der Waals surface area (Å²) in [6, 6.07) is 0. The molecule has 0 amide bonds. The molecule has 0 fully saturated rings. The molecule has 0 heterocycles. The zero-order chi connectivity index (χ0) is 15.2. The largest absolute Gasteiger partial charge is 0.481 e. The molecule has 0 aromatic carbocycles. The van der Waals surface area contributed by atoms with E-state index in [-0.39, 0.29) is 6.42 Å². The van der Waals surface area contributed by atoms with Crippen LogP contribution in [0.2, 0.25) is 0 Å². The van der Waals surface area contributed by atoms with Gasteiger partial charge >= 0.3 is 11.9 Å². The van der Waals surface area contributed by atoms with Gasteiger partial charge in [-0.15, -0.1) is 0 Å². The summed E-state index contributed by atoms with van der Waals surface area (Å²) in [7, 11) is 0. The van der Waals surface area contributed by atoms with Gasteiger partial charge in [-0.3, -0.25) is 9.59 Å². The first-order valence-electron chi connectivity index (χ1n) is 7.66. The van der Waals surface area contributed by atoms with E-state index >= 15 is 0 Å². The van der Waals surface area contributed by atoms with Gasteiger partial charge in [0.1, 0.15) is 0 Å². The summed E-state index contributed by atoms with van der Waals surface area (Å²) >= 11 is 0.